The topological polar surface area (TPSA) is 32.6 Å². The van der Waals surface area contributed by atoms with Crippen LogP contribution in [-0.4, -0.2) is 16.8 Å². The number of isothiocyanates is 1. The Morgan fingerprint density at radius 2 is 2.31 bits per heavy atom. The van der Waals surface area contributed by atoms with E-state index in [0.717, 1.165) is 5.56 Å². The quantitative estimate of drug-likeness (QED) is 0.595. The van der Waals surface area contributed by atoms with Gasteiger partial charge in [-0.05, 0) is 36.3 Å². The monoisotopic (exact) mass is 197 g/mol. The van der Waals surface area contributed by atoms with E-state index in [1.165, 1.54) is 12.1 Å². The Morgan fingerprint density at radius 1 is 1.54 bits per heavy atom. The van der Waals surface area contributed by atoms with Gasteiger partial charge < -0.3 is 5.11 Å². The third kappa shape index (κ3) is 2.93. The van der Waals surface area contributed by atoms with Crippen molar-refractivity contribution in [3.05, 3.63) is 29.6 Å². The standard InChI is InChI=1S/C9H8FNOS/c10-8-5-7(1-2-9(8)12)3-4-11-6-13/h1-2,5,12H,3-4H2. The maximum Gasteiger partial charge on any atom is 0.165 e. The minimum atomic E-state index is -0.608. The molecule has 13 heavy (non-hydrogen) atoms. The number of hydrogen-bond donors (Lipinski definition) is 1. The number of rotatable bonds is 3. The number of nitrogens with zero attached hydrogens (tertiary/aromatic N) is 1. The largest absolute Gasteiger partial charge is 0.505 e. The molecule has 0 aliphatic rings. The third-order valence-electron chi connectivity index (χ3n) is 1.59. The number of phenols is 1. The molecule has 0 unspecified atom stereocenters. The minimum Gasteiger partial charge on any atom is -0.505 e. The van der Waals surface area contributed by atoms with E-state index in [-0.39, 0.29) is 5.75 Å². The third-order valence-corrected chi connectivity index (χ3v) is 1.72. The summed E-state index contributed by atoms with van der Waals surface area (Å²) in [6.45, 7) is 0.494. The molecule has 0 spiro atoms. The number of aliphatic imine (C=N–C) groups is 1. The SMILES string of the molecule is Oc1ccc(CCN=C=S)cc1F. The zero-order valence-corrected chi connectivity index (χ0v) is 7.64. The molecule has 1 aromatic carbocycles. The summed E-state index contributed by atoms with van der Waals surface area (Å²) in [6, 6.07) is 4.26. The highest BCUT2D eigenvalue weighted by molar-refractivity contribution is 7.78. The van der Waals surface area contributed by atoms with E-state index < -0.39 is 5.82 Å². The molecule has 0 aliphatic heterocycles. The molecule has 1 aromatic rings. The van der Waals surface area contributed by atoms with Crippen molar-refractivity contribution in [3.8, 4) is 5.75 Å². The average Bonchev–Trinajstić information content (AvgIpc) is 2.12. The second-order valence-corrected chi connectivity index (χ2v) is 2.69. The molecule has 4 heteroatoms. The van der Waals surface area contributed by atoms with Gasteiger partial charge in [0, 0.05) is 0 Å². The summed E-state index contributed by atoms with van der Waals surface area (Å²) < 4.78 is 12.8. The first kappa shape index (κ1) is 9.84. The molecule has 0 aromatic heterocycles. The number of benzene rings is 1. The van der Waals surface area contributed by atoms with Gasteiger partial charge in [-0.25, -0.2) is 9.38 Å². The lowest BCUT2D eigenvalue weighted by Crippen LogP contribution is -1.90. The molecule has 0 aliphatic carbocycles. The predicted octanol–water partition coefficient (Wildman–Crippen LogP) is 2.18. The van der Waals surface area contributed by atoms with E-state index in [1.54, 1.807) is 6.07 Å². The number of thiocarbonyl (C=S) groups is 1. The maximum atomic E-state index is 12.8. The van der Waals surface area contributed by atoms with Gasteiger partial charge in [0.2, 0.25) is 0 Å². The van der Waals surface area contributed by atoms with Crippen molar-refractivity contribution < 1.29 is 9.50 Å². The van der Waals surface area contributed by atoms with Gasteiger partial charge in [0.25, 0.3) is 0 Å². The van der Waals surface area contributed by atoms with E-state index in [4.69, 9.17) is 5.11 Å². The summed E-state index contributed by atoms with van der Waals surface area (Å²) >= 11 is 4.38. The second-order valence-electron chi connectivity index (χ2n) is 2.51. The van der Waals surface area contributed by atoms with Crippen molar-refractivity contribution in [1.29, 1.82) is 0 Å². The van der Waals surface area contributed by atoms with Crippen molar-refractivity contribution in [2.45, 2.75) is 6.42 Å². The van der Waals surface area contributed by atoms with Crippen molar-refractivity contribution in [2.75, 3.05) is 6.54 Å². The Hall–Kier alpha value is -1.25. The van der Waals surface area contributed by atoms with E-state index in [0.29, 0.717) is 13.0 Å². The lowest BCUT2D eigenvalue weighted by Gasteiger charge is -1.99. The number of aromatic hydroxyl groups is 1. The van der Waals surface area contributed by atoms with Crippen LogP contribution in [0.15, 0.2) is 23.2 Å². The summed E-state index contributed by atoms with van der Waals surface area (Å²) in [5.74, 6) is -0.939. The van der Waals surface area contributed by atoms with Gasteiger partial charge >= 0.3 is 0 Å². The summed E-state index contributed by atoms with van der Waals surface area (Å²) in [5.41, 5.74) is 0.782. The summed E-state index contributed by atoms with van der Waals surface area (Å²) in [7, 11) is 0. The van der Waals surface area contributed by atoms with Crippen LogP contribution in [0, 0.1) is 5.82 Å². The van der Waals surface area contributed by atoms with Crippen LogP contribution < -0.4 is 0 Å². The van der Waals surface area contributed by atoms with Crippen molar-refractivity contribution in [1.82, 2.24) is 0 Å². The van der Waals surface area contributed by atoms with E-state index in [9.17, 15) is 4.39 Å². The van der Waals surface area contributed by atoms with Crippen LogP contribution in [-0.2, 0) is 6.42 Å². The van der Waals surface area contributed by atoms with Gasteiger partial charge in [-0.3, -0.25) is 0 Å². The molecular weight excluding hydrogens is 189 g/mol. The molecule has 0 atom stereocenters. The fraction of sp³-hybridized carbons (Fsp3) is 0.222. The molecule has 0 radical (unpaired) electrons. The number of phenolic OH excluding ortho intramolecular Hbond substituents is 1. The van der Waals surface area contributed by atoms with Crippen LogP contribution in [0.4, 0.5) is 4.39 Å². The highest BCUT2D eigenvalue weighted by Gasteiger charge is 2.00. The smallest absolute Gasteiger partial charge is 0.165 e. The van der Waals surface area contributed by atoms with Crippen LogP contribution >= 0.6 is 12.2 Å². The summed E-state index contributed by atoms with van der Waals surface area (Å²) in [5, 5.41) is 11.1. The Bertz CT molecular complexity index is 347. The van der Waals surface area contributed by atoms with Crippen LogP contribution in [0.5, 0.6) is 5.75 Å². The Labute approximate surface area is 80.7 Å². The molecule has 0 fully saturated rings. The van der Waals surface area contributed by atoms with E-state index in [1.807, 2.05) is 0 Å². The Balaban J connectivity index is 2.68. The first-order valence-corrected chi connectivity index (χ1v) is 4.16. The predicted molar refractivity (Wildman–Crippen MR) is 51.7 cm³/mol. The zero-order valence-electron chi connectivity index (χ0n) is 6.83. The highest BCUT2D eigenvalue weighted by atomic mass is 32.1. The normalized spacial score (nSPS) is 9.31. The summed E-state index contributed by atoms with van der Waals surface area (Å²) in [4.78, 5) is 3.70. The fourth-order valence-electron chi connectivity index (χ4n) is 0.937. The van der Waals surface area contributed by atoms with E-state index in [2.05, 4.69) is 22.4 Å². The molecule has 0 amide bonds. The average molecular weight is 197 g/mol. The second kappa shape index (κ2) is 4.70. The Kier molecular flexibility index (Phi) is 3.55. The molecular formula is C9H8FNOS. The van der Waals surface area contributed by atoms with E-state index >= 15 is 0 Å². The molecule has 68 valence electrons. The minimum absolute atomic E-state index is 0.331. The van der Waals surface area contributed by atoms with Crippen LogP contribution in [0.2, 0.25) is 0 Å². The van der Waals surface area contributed by atoms with Gasteiger partial charge in [-0.15, -0.1) is 0 Å². The molecule has 0 saturated heterocycles. The van der Waals surface area contributed by atoms with Gasteiger partial charge in [0.1, 0.15) is 0 Å². The van der Waals surface area contributed by atoms with Gasteiger partial charge in [-0.2, -0.15) is 0 Å². The number of halogens is 1. The highest BCUT2D eigenvalue weighted by Crippen LogP contribution is 2.16. The maximum absolute atomic E-state index is 12.8. The van der Waals surface area contributed by atoms with Gasteiger partial charge in [-0.1, -0.05) is 6.07 Å². The number of hydrogen-bond acceptors (Lipinski definition) is 3. The van der Waals surface area contributed by atoms with Crippen LogP contribution in [0.1, 0.15) is 5.56 Å². The Morgan fingerprint density at radius 3 is 2.92 bits per heavy atom. The lowest BCUT2D eigenvalue weighted by atomic mass is 10.1. The van der Waals surface area contributed by atoms with Crippen molar-refractivity contribution in [3.63, 3.8) is 0 Å². The molecule has 1 rings (SSSR count). The first-order valence-electron chi connectivity index (χ1n) is 3.75. The molecule has 0 heterocycles. The van der Waals surface area contributed by atoms with Crippen LogP contribution in [0.3, 0.4) is 0 Å². The molecule has 1 N–H and O–H groups in total. The lowest BCUT2D eigenvalue weighted by molar-refractivity contribution is 0.432. The van der Waals surface area contributed by atoms with Crippen LogP contribution in [0.25, 0.3) is 0 Å². The first-order chi connectivity index (χ1) is 6.24. The van der Waals surface area contributed by atoms with Crippen molar-refractivity contribution >= 4 is 17.4 Å². The van der Waals surface area contributed by atoms with Crippen molar-refractivity contribution in [2.24, 2.45) is 4.99 Å². The van der Waals surface area contributed by atoms with Gasteiger partial charge in [0.05, 0.1) is 11.7 Å². The fourth-order valence-corrected chi connectivity index (χ4v) is 1.03. The molecule has 0 saturated carbocycles. The molecule has 0 bridgehead atoms. The zero-order chi connectivity index (χ0) is 9.68. The molecule has 2 nitrogen and oxygen atoms in total. The summed E-state index contributed by atoms with van der Waals surface area (Å²) in [6.07, 6.45) is 0.598. The van der Waals surface area contributed by atoms with Gasteiger partial charge in [0.15, 0.2) is 11.6 Å².